The van der Waals surface area contributed by atoms with Crippen LogP contribution in [0, 0.1) is 6.92 Å². The Morgan fingerprint density at radius 1 is 1.00 bits per heavy atom. The molecule has 58 valence electrons. The molecule has 0 amide bonds. The largest absolute Gasteiger partial charge is 0.183 e. The van der Waals surface area contributed by atoms with Crippen molar-refractivity contribution < 1.29 is 0 Å². The first kappa shape index (κ1) is 12.3. The summed E-state index contributed by atoms with van der Waals surface area (Å²) in [5, 5.41) is 0. The number of hydrogen-bond donors (Lipinski definition) is 1. The van der Waals surface area contributed by atoms with Gasteiger partial charge in [-0.25, -0.2) is 0 Å². The van der Waals surface area contributed by atoms with Crippen molar-refractivity contribution in [2.24, 2.45) is 0 Å². The molecule has 0 aliphatic rings. The third-order valence-electron chi connectivity index (χ3n) is 0.940. The molecule has 1 aromatic carbocycles. The highest BCUT2D eigenvalue weighted by molar-refractivity contribution is 7.79. The van der Waals surface area contributed by atoms with Crippen LogP contribution in [0.15, 0.2) is 30.3 Å². The molecule has 0 N–H and O–H groups in total. The predicted octanol–water partition coefficient (Wildman–Crippen LogP) is 3.18. The second kappa shape index (κ2) is 8.57. The van der Waals surface area contributed by atoms with Crippen LogP contribution in [0.25, 0.3) is 0 Å². The van der Waals surface area contributed by atoms with E-state index >= 15 is 0 Å². The van der Waals surface area contributed by atoms with E-state index in [4.69, 9.17) is 0 Å². The van der Waals surface area contributed by atoms with Gasteiger partial charge in [0.1, 0.15) is 0 Å². The number of benzene rings is 1. The quantitative estimate of drug-likeness (QED) is 0.548. The van der Waals surface area contributed by atoms with Crippen LogP contribution in [0.5, 0.6) is 0 Å². The first-order chi connectivity index (χ1) is 4.39. The highest BCUT2D eigenvalue weighted by Crippen LogP contribution is 1.92. The van der Waals surface area contributed by atoms with E-state index in [1.807, 2.05) is 18.2 Å². The van der Waals surface area contributed by atoms with E-state index in [1.54, 1.807) is 6.26 Å². The highest BCUT2D eigenvalue weighted by atomic mass is 32.1. The Morgan fingerprint density at radius 3 is 1.60 bits per heavy atom. The fourth-order valence-electron chi connectivity index (χ4n) is 0.534. The van der Waals surface area contributed by atoms with Crippen molar-refractivity contribution in [2.75, 3.05) is 6.26 Å². The van der Waals surface area contributed by atoms with E-state index in [-0.39, 0.29) is 7.43 Å². The van der Waals surface area contributed by atoms with Crippen LogP contribution in [0.1, 0.15) is 13.0 Å². The molecule has 1 heteroatoms. The molecule has 1 aromatic rings. The van der Waals surface area contributed by atoms with Crippen LogP contribution in [0.4, 0.5) is 0 Å². The lowest BCUT2D eigenvalue weighted by Crippen LogP contribution is -1.62. The standard InChI is InChI=1S/C7H8.CH4S.CH4/c1-7-5-3-2-4-6-7;1-2;/h2-6H,1H3;2H,1H3;1H4. The van der Waals surface area contributed by atoms with Crippen molar-refractivity contribution in [3.63, 3.8) is 0 Å². The minimum absolute atomic E-state index is 0. The fraction of sp³-hybridized carbons (Fsp3) is 0.333. The van der Waals surface area contributed by atoms with E-state index in [1.165, 1.54) is 5.56 Å². The van der Waals surface area contributed by atoms with Gasteiger partial charge in [-0.2, -0.15) is 12.6 Å². The molecule has 0 radical (unpaired) electrons. The molecular weight excluding hydrogens is 140 g/mol. The summed E-state index contributed by atoms with van der Waals surface area (Å²) in [7, 11) is 0. The second-order valence-corrected chi connectivity index (χ2v) is 1.65. The summed E-state index contributed by atoms with van der Waals surface area (Å²) in [5.41, 5.74) is 1.32. The molecule has 0 bridgehead atoms. The zero-order valence-corrected chi connectivity index (χ0v) is 6.73. The Kier molecular flexibility index (Phi) is 10.5. The zero-order chi connectivity index (χ0) is 7.11. The van der Waals surface area contributed by atoms with Gasteiger partial charge in [0.25, 0.3) is 0 Å². The van der Waals surface area contributed by atoms with Crippen LogP contribution >= 0.6 is 12.6 Å². The third kappa shape index (κ3) is 5.70. The van der Waals surface area contributed by atoms with Gasteiger partial charge in [0.2, 0.25) is 0 Å². The Hall–Kier alpha value is -0.430. The lowest BCUT2D eigenvalue weighted by Gasteiger charge is -1.82. The summed E-state index contributed by atoms with van der Waals surface area (Å²) in [5.74, 6) is 0. The molecule has 0 aromatic heterocycles. The number of rotatable bonds is 0. The number of aryl methyl sites for hydroxylation is 1. The molecular formula is C9H16S. The van der Waals surface area contributed by atoms with Gasteiger partial charge >= 0.3 is 0 Å². The van der Waals surface area contributed by atoms with Crippen molar-refractivity contribution >= 4 is 12.6 Å². The second-order valence-electron chi connectivity index (χ2n) is 1.65. The van der Waals surface area contributed by atoms with Crippen molar-refractivity contribution in [3.05, 3.63) is 35.9 Å². The van der Waals surface area contributed by atoms with Gasteiger partial charge in [-0.1, -0.05) is 43.3 Å². The molecule has 1 rings (SSSR count). The van der Waals surface area contributed by atoms with E-state index in [2.05, 4.69) is 31.7 Å². The van der Waals surface area contributed by atoms with Crippen molar-refractivity contribution in [1.82, 2.24) is 0 Å². The maximum Gasteiger partial charge on any atom is -0.0215 e. The van der Waals surface area contributed by atoms with Gasteiger partial charge in [-0.15, -0.1) is 0 Å². The molecule has 0 heterocycles. The normalized spacial score (nSPS) is 6.70. The molecule has 0 nitrogen and oxygen atoms in total. The van der Waals surface area contributed by atoms with Crippen molar-refractivity contribution in [3.8, 4) is 0 Å². The van der Waals surface area contributed by atoms with E-state index < -0.39 is 0 Å². The summed E-state index contributed by atoms with van der Waals surface area (Å²) >= 11 is 3.53. The van der Waals surface area contributed by atoms with Crippen LogP contribution in [0.3, 0.4) is 0 Å². The Morgan fingerprint density at radius 2 is 1.40 bits per heavy atom. The molecule has 0 aliphatic carbocycles. The number of thiol groups is 1. The average Bonchev–Trinajstić information content (AvgIpc) is 1.94. The summed E-state index contributed by atoms with van der Waals surface area (Å²) in [6.07, 6.45) is 1.69. The van der Waals surface area contributed by atoms with Crippen molar-refractivity contribution in [2.45, 2.75) is 14.4 Å². The molecule has 0 spiro atoms. The smallest absolute Gasteiger partial charge is 0.0215 e. The molecule has 0 aliphatic heterocycles. The third-order valence-corrected chi connectivity index (χ3v) is 0.940. The molecule has 10 heavy (non-hydrogen) atoms. The van der Waals surface area contributed by atoms with Gasteiger partial charge in [-0.05, 0) is 13.2 Å². The van der Waals surface area contributed by atoms with Gasteiger partial charge in [0, 0.05) is 0 Å². The molecule has 0 saturated heterocycles. The van der Waals surface area contributed by atoms with E-state index in [9.17, 15) is 0 Å². The first-order valence-corrected chi connectivity index (χ1v) is 3.75. The SMILES string of the molecule is C.CS.Cc1ccccc1. The summed E-state index contributed by atoms with van der Waals surface area (Å²) in [6, 6.07) is 10.3. The highest BCUT2D eigenvalue weighted by Gasteiger charge is 1.72. The maximum absolute atomic E-state index is 3.53. The first-order valence-electron chi connectivity index (χ1n) is 2.86. The Bertz CT molecular complexity index is 135. The predicted molar refractivity (Wildman–Crippen MR) is 52.8 cm³/mol. The monoisotopic (exact) mass is 156 g/mol. The number of hydrogen-bond acceptors (Lipinski definition) is 1. The Balaban J connectivity index is 0. The van der Waals surface area contributed by atoms with Gasteiger partial charge in [0.15, 0.2) is 0 Å². The minimum Gasteiger partial charge on any atom is -0.183 e. The molecule has 0 unspecified atom stereocenters. The summed E-state index contributed by atoms with van der Waals surface area (Å²) < 4.78 is 0. The average molecular weight is 156 g/mol. The lowest BCUT2D eigenvalue weighted by atomic mass is 10.2. The molecule has 0 saturated carbocycles. The fourth-order valence-corrected chi connectivity index (χ4v) is 0.534. The zero-order valence-electron chi connectivity index (χ0n) is 5.83. The lowest BCUT2D eigenvalue weighted by molar-refractivity contribution is 1.48. The van der Waals surface area contributed by atoms with Crippen LogP contribution in [-0.2, 0) is 0 Å². The maximum atomic E-state index is 3.53. The summed E-state index contributed by atoms with van der Waals surface area (Å²) in [6.45, 7) is 2.08. The summed E-state index contributed by atoms with van der Waals surface area (Å²) in [4.78, 5) is 0. The van der Waals surface area contributed by atoms with Crippen LogP contribution in [0.2, 0.25) is 0 Å². The van der Waals surface area contributed by atoms with Gasteiger partial charge in [0.05, 0.1) is 0 Å². The molecule has 0 fully saturated rings. The molecule has 0 atom stereocenters. The van der Waals surface area contributed by atoms with Gasteiger partial charge in [-0.3, -0.25) is 0 Å². The van der Waals surface area contributed by atoms with E-state index in [0.717, 1.165) is 0 Å². The topological polar surface area (TPSA) is 0 Å². The van der Waals surface area contributed by atoms with Crippen molar-refractivity contribution in [1.29, 1.82) is 0 Å². The van der Waals surface area contributed by atoms with Gasteiger partial charge < -0.3 is 0 Å². The minimum atomic E-state index is 0. The van der Waals surface area contributed by atoms with Crippen LogP contribution in [-0.4, -0.2) is 6.26 Å². The van der Waals surface area contributed by atoms with E-state index in [0.29, 0.717) is 0 Å². The van der Waals surface area contributed by atoms with Crippen LogP contribution < -0.4 is 0 Å². The Labute approximate surface area is 69.7 Å².